The van der Waals surface area contributed by atoms with Crippen LogP contribution in [0, 0.1) is 0 Å². The third-order valence-corrected chi connectivity index (χ3v) is 3.70. The number of rotatable bonds is 4. The van der Waals surface area contributed by atoms with E-state index >= 15 is 0 Å². The molecule has 0 spiro atoms. The smallest absolute Gasteiger partial charge is 0.192 e. The van der Waals surface area contributed by atoms with Gasteiger partial charge in [0.1, 0.15) is 0 Å². The molecule has 0 radical (unpaired) electrons. The molecule has 1 aromatic carbocycles. The molecule has 0 atom stereocenters. The molecule has 2 aromatic rings. The topological polar surface area (TPSA) is 51.8 Å². The van der Waals surface area contributed by atoms with E-state index in [1.165, 1.54) is 11.8 Å². The molecule has 0 amide bonds. The minimum atomic E-state index is 0.601. The number of halogens is 1. The van der Waals surface area contributed by atoms with Crippen molar-refractivity contribution in [2.45, 2.75) is 16.5 Å². The average molecular weight is 266 g/mol. The lowest BCUT2D eigenvalue weighted by Gasteiger charge is -2.08. The van der Waals surface area contributed by atoms with Crippen LogP contribution >= 0.6 is 23.4 Å². The van der Waals surface area contributed by atoms with Gasteiger partial charge >= 0.3 is 0 Å². The maximum Gasteiger partial charge on any atom is 0.192 e. The zero-order valence-corrected chi connectivity index (χ0v) is 10.7. The molecule has 2 N–H and O–H groups in total. The molecule has 0 saturated heterocycles. The summed E-state index contributed by atoms with van der Waals surface area (Å²) in [4.78, 5) is 9.35. The van der Waals surface area contributed by atoms with Crippen molar-refractivity contribution in [2.24, 2.45) is 5.73 Å². The van der Waals surface area contributed by atoms with Crippen molar-refractivity contribution < 1.29 is 0 Å². The van der Waals surface area contributed by atoms with E-state index in [2.05, 4.69) is 9.97 Å². The number of nitrogens with zero attached hydrogens (tertiary/aromatic N) is 2. The predicted molar refractivity (Wildman–Crippen MR) is 70.4 cm³/mol. The first-order chi connectivity index (χ1) is 8.31. The Bertz CT molecular complexity index is 490. The Morgan fingerprint density at radius 3 is 2.65 bits per heavy atom. The molecule has 0 aliphatic rings. The second kappa shape index (κ2) is 6.00. The summed E-state index contributed by atoms with van der Waals surface area (Å²) < 4.78 is 0. The normalized spacial score (nSPS) is 10.5. The Labute approximate surface area is 109 Å². The summed E-state index contributed by atoms with van der Waals surface area (Å²) in [6.45, 7) is 0.601. The third-order valence-electron chi connectivity index (χ3n) is 2.20. The summed E-state index contributed by atoms with van der Waals surface area (Å²) >= 11 is 7.67. The highest BCUT2D eigenvalue weighted by molar-refractivity contribution is 7.99. The van der Waals surface area contributed by atoms with Gasteiger partial charge in [-0.2, -0.15) is 0 Å². The van der Waals surface area contributed by atoms with Gasteiger partial charge in [0.15, 0.2) is 5.16 Å². The first-order valence-electron chi connectivity index (χ1n) is 5.23. The molecule has 0 unspecified atom stereocenters. The standard InChI is InChI=1S/C12H12ClN3S/c13-10-4-1-3-9(5-6-14)11(10)17-12-15-7-2-8-16-12/h1-4,7-8H,5-6,14H2. The molecule has 2 rings (SSSR count). The zero-order valence-electron chi connectivity index (χ0n) is 9.14. The molecule has 5 heteroatoms. The van der Waals surface area contributed by atoms with Crippen LogP contribution in [0.3, 0.4) is 0 Å². The summed E-state index contributed by atoms with van der Waals surface area (Å²) in [6, 6.07) is 7.62. The molecule has 88 valence electrons. The van der Waals surface area contributed by atoms with Crippen LogP contribution in [0.1, 0.15) is 5.56 Å². The van der Waals surface area contributed by atoms with Gasteiger partial charge in [0.2, 0.25) is 0 Å². The number of nitrogens with two attached hydrogens (primary N) is 1. The fourth-order valence-corrected chi connectivity index (χ4v) is 2.64. The molecule has 1 aromatic heterocycles. The Kier molecular flexibility index (Phi) is 4.36. The van der Waals surface area contributed by atoms with E-state index in [1.807, 2.05) is 18.2 Å². The van der Waals surface area contributed by atoms with Gasteiger partial charge in [0.25, 0.3) is 0 Å². The van der Waals surface area contributed by atoms with Crippen molar-refractivity contribution in [1.82, 2.24) is 9.97 Å². The van der Waals surface area contributed by atoms with Crippen molar-refractivity contribution in [1.29, 1.82) is 0 Å². The van der Waals surface area contributed by atoms with E-state index in [0.717, 1.165) is 16.9 Å². The van der Waals surface area contributed by atoms with Gasteiger partial charge in [-0.1, -0.05) is 23.7 Å². The lowest BCUT2D eigenvalue weighted by molar-refractivity contribution is 0.935. The van der Waals surface area contributed by atoms with Crippen LogP contribution in [0.4, 0.5) is 0 Å². The monoisotopic (exact) mass is 265 g/mol. The fraction of sp³-hybridized carbons (Fsp3) is 0.167. The van der Waals surface area contributed by atoms with Crippen molar-refractivity contribution in [2.75, 3.05) is 6.54 Å². The predicted octanol–water partition coefficient (Wildman–Crippen LogP) is 2.78. The van der Waals surface area contributed by atoms with Crippen molar-refractivity contribution >= 4 is 23.4 Å². The Morgan fingerprint density at radius 1 is 1.18 bits per heavy atom. The quantitative estimate of drug-likeness (QED) is 0.864. The highest BCUT2D eigenvalue weighted by atomic mass is 35.5. The van der Waals surface area contributed by atoms with Gasteiger partial charge in [-0.3, -0.25) is 0 Å². The van der Waals surface area contributed by atoms with Crippen LogP contribution in [0.15, 0.2) is 46.7 Å². The van der Waals surface area contributed by atoms with E-state index in [9.17, 15) is 0 Å². The minimum Gasteiger partial charge on any atom is -0.330 e. The number of aromatic nitrogens is 2. The van der Waals surface area contributed by atoms with Crippen LogP contribution in [-0.4, -0.2) is 16.5 Å². The second-order valence-corrected chi connectivity index (χ2v) is 4.78. The molecule has 0 aliphatic heterocycles. The average Bonchev–Trinajstić information content (AvgIpc) is 2.35. The van der Waals surface area contributed by atoms with Gasteiger partial charge < -0.3 is 5.73 Å². The van der Waals surface area contributed by atoms with Crippen molar-refractivity contribution in [3.8, 4) is 0 Å². The fourth-order valence-electron chi connectivity index (χ4n) is 1.45. The maximum atomic E-state index is 6.20. The van der Waals surface area contributed by atoms with E-state index in [0.29, 0.717) is 16.7 Å². The molecule has 0 bridgehead atoms. The van der Waals surface area contributed by atoms with Crippen LogP contribution in [0.5, 0.6) is 0 Å². The van der Waals surface area contributed by atoms with E-state index < -0.39 is 0 Å². The maximum absolute atomic E-state index is 6.20. The van der Waals surface area contributed by atoms with Crippen molar-refractivity contribution in [3.05, 3.63) is 47.2 Å². The Morgan fingerprint density at radius 2 is 1.94 bits per heavy atom. The second-order valence-electron chi connectivity index (χ2n) is 3.40. The SMILES string of the molecule is NCCc1cccc(Cl)c1Sc1ncccn1. The summed E-state index contributed by atoms with van der Waals surface area (Å²) in [7, 11) is 0. The summed E-state index contributed by atoms with van der Waals surface area (Å²) in [6.07, 6.45) is 4.24. The third kappa shape index (κ3) is 3.19. The summed E-state index contributed by atoms with van der Waals surface area (Å²) in [5, 5.41) is 1.41. The van der Waals surface area contributed by atoms with Crippen LogP contribution < -0.4 is 5.73 Å². The summed E-state index contributed by atoms with van der Waals surface area (Å²) in [5.41, 5.74) is 6.73. The number of benzene rings is 1. The Balaban J connectivity index is 2.31. The first-order valence-corrected chi connectivity index (χ1v) is 6.43. The molecular weight excluding hydrogens is 254 g/mol. The van der Waals surface area contributed by atoms with Crippen molar-refractivity contribution in [3.63, 3.8) is 0 Å². The highest BCUT2D eigenvalue weighted by Crippen LogP contribution is 2.34. The minimum absolute atomic E-state index is 0.601. The van der Waals surface area contributed by atoms with Gasteiger partial charge in [0, 0.05) is 17.3 Å². The molecule has 0 saturated carbocycles. The lowest BCUT2D eigenvalue weighted by Crippen LogP contribution is -2.04. The number of hydrogen-bond donors (Lipinski definition) is 1. The summed E-state index contributed by atoms with van der Waals surface area (Å²) in [5.74, 6) is 0. The van der Waals surface area contributed by atoms with Gasteiger partial charge in [-0.15, -0.1) is 0 Å². The lowest BCUT2D eigenvalue weighted by atomic mass is 10.1. The molecule has 17 heavy (non-hydrogen) atoms. The molecule has 0 aliphatic carbocycles. The Hall–Kier alpha value is -1.10. The van der Waals surface area contributed by atoms with Gasteiger partial charge in [-0.25, -0.2) is 9.97 Å². The molecular formula is C12H12ClN3S. The molecule has 0 fully saturated rings. The van der Waals surface area contributed by atoms with Gasteiger partial charge in [0.05, 0.1) is 5.02 Å². The largest absolute Gasteiger partial charge is 0.330 e. The number of hydrogen-bond acceptors (Lipinski definition) is 4. The van der Waals surface area contributed by atoms with E-state index in [4.69, 9.17) is 17.3 Å². The highest BCUT2D eigenvalue weighted by Gasteiger charge is 2.09. The van der Waals surface area contributed by atoms with E-state index in [-0.39, 0.29) is 0 Å². The first kappa shape index (κ1) is 12.4. The van der Waals surface area contributed by atoms with Crippen LogP contribution in [0.2, 0.25) is 5.02 Å². The van der Waals surface area contributed by atoms with Gasteiger partial charge in [-0.05, 0) is 42.4 Å². The molecule has 1 heterocycles. The van der Waals surface area contributed by atoms with E-state index in [1.54, 1.807) is 18.5 Å². The zero-order chi connectivity index (χ0) is 12.1. The van der Waals surface area contributed by atoms with Crippen LogP contribution in [0.25, 0.3) is 0 Å². The molecule has 3 nitrogen and oxygen atoms in total. The van der Waals surface area contributed by atoms with Crippen LogP contribution in [-0.2, 0) is 6.42 Å².